The zero-order valence-electron chi connectivity index (χ0n) is 14.3. The van der Waals surface area contributed by atoms with Crippen LogP contribution < -0.4 is 10.6 Å². The van der Waals surface area contributed by atoms with Crippen LogP contribution in [-0.2, 0) is 20.9 Å². The molecule has 0 fully saturated rings. The summed E-state index contributed by atoms with van der Waals surface area (Å²) in [5.74, 6) is 0.350. The molecule has 7 heteroatoms. The van der Waals surface area contributed by atoms with Crippen LogP contribution in [0.1, 0.15) is 32.1 Å². The third kappa shape index (κ3) is 4.32. The summed E-state index contributed by atoms with van der Waals surface area (Å²) in [5, 5.41) is 5.70. The number of hydrogen-bond donors (Lipinski definition) is 2. The highest BCUT2D eigenvalue weighted by molar-refractivity contribution is 5.81. The second-order valence-corrected chi connectivity index (χ2v) is 5.62. The second-order valence-electron chi connectivity index (χ2n) is 5.62. The molecule has 1 aromatic heterocycles. The summed E-state index contributed by atoms with van der Waals surface area (Å²) >= 11 is 0. The molecule has 0 aliphatic heterocycles. The number of para-hydroxylation sites is 2. The zero-order chi connectivity index (χ0) is 17.5. The van der Waals surface area contributed by atoms with Gasteiger partial charge in [-0.25, -0.2) is 4.98 Å². The molecule has 130 valence electrons. The summed E-state index contributed by atoms with van der Waals surface area (Å²) in [5.41, 5.74) is 1.66. The first-order valence-corrected chi connectivity index (χ1v) is 8.07. The lowest BCUT2D eigenvalue weighted by molar-refractivity contribution is -0.125. The predicted octanol–water partition coefficient (Wildman–Crippen LogP) is 1.39. The number of fused-ring (bicyclic) bond motifs is 1. The van der Waals surface area contributed by atoms with Crippen molar-refractivity contribution in [2.45, 2.75) is 32.9 Å². The van der Waals surface area contributed by atoms with Crippen molar-refractivity contribution in [2.24, 2.45) is 0 Å². The molecule has 0 radical (unpaired) electrons. The van der Waals surface area contributed by atoms with Crippen molar-refractivity contribution in [3.8, 4) is 0 Å². The van der Waals surface area contributed by atoms with E-state index in [1.807, 2.05) is 42.7 Å². The van der Waals surface area contributed by atoms with Crippen LogP contribution >= 0.6 is 0 Å². The van der Waals surface area contributed by atoms with Gasteiger partial charge < -0.3 is 19.9 Å². The van der Waals surface area contributed by atoms with Gasteiger partial charge in [-0.2, -0.15) is 0 Å². The van der Waals surface area contributed by atoms with Gasteiger partial charge in [-0.15, -0.1) is 0 Å². The lowest BCUT2D eigenvalue weighted by Gasteiger charge is -2.16. The number of rotatable bonds is 8. The maximum absolute atomic E-state index is 12.1. The molecule has 1 unspecified atom stereocenters. The number of carbonyl (C=O) groups excluding carboxylic acids is 2. The highest BCUT2D eigenvalue weighted by Crippen LogP contribution is 2.20. The first-order chi connectivity index (χ1) is 11.6. The Labute approximate surface area is 141 Å². The summed E-state index contributed by atoms with van der Waals surface area (Å²) in [6, 6.07) is 7.28. The Morgan fingerprint density at radius 3 is 2.75 bits per heavy atom. The average molecular weight is 332 g/mol. The summed E-state index contributed by atoms with van der Waals surface area (Å²) in [7, 11) is 1.47. The molecule has 1 atom stereocenters. The van der Waals surface area contributed by atoms with Gasteiger partial charge in [0.1, 0.15) is 19.0 Å². The van der Waals surface area contributed by atoms with Crippen molar-refractivity contribution in [3.05, 3.63) is 30.1 Å². The third-order valence-corrected chi connectivity index (χ3v) is 3.60. The number of benzene rings is 1. The number of methoxy groups -OCH3 is 1. The quantitative estimate of drug-likeness (QED) is 0.765. The zero-order valence-corrected chi connectivity index (χ0v) is 14.3. The fourth-order valence-electron chi connectivity index (χ4n) is 2.53. The smallest absolute Gasteiger partial charge is 0.246 e. The largest absolute Gasteiger partial charge is 0.375 e. The van der Waals surface area contributed by atoms with Crippen LogP contribution in [0.3, 0.4) is 0 Å². The highest BCUT2D eigenvalue weighted by Gasteiger charge is 2.19. The SMILES string of the molecule is CCCNC(=O)Cn1c(C(C)NC(=O)COC)nc2ccccc21. The lowest BCUT2D eigenvalue weighted by Crippen LogP contribution is -2.33. The van der Waals surface area contributed by atoms with E-state index in [4.69, 9.17) is 4.74 Å². The first-order valence-electron chi connectivity index (χ1n) is 8.07. The van der Waals surface area contributed by atoms with Gasteiger partial charge in [-0.3, -0.25) is 9.59 Å². The van der Waals surface area contributed by atoms with Crippen LogP contribution in [0.25, 0.3) is 11.0 Å². The van der Waals surface area contributed by atoms with Crippen LogP contribution in [0.5, 0.6) is 0 Å². The van der Waals surface area contributed by atoms with Gasteiger partial charge in [0, 0.05) is 13.7 Å². The standard InChI is InChI=1S/C17H24N4O3/c1-4-9-18-15(22)10-21-14-8-6-5-7-13(14)20-17(21)12(2)19-16(23)11-24-3/h5-8,12H,4,9-11H2,1-3H3,(H,18,22)(H,19,23). The molecule has 0 spiro atoms. The number of nitrogens with one attached hydrogen (secondary N) is 2. The first kappa shape index (κ1) is 17.9. The molecule has 1 aromatic carbocycles. The van der Waals surface area contributed by atoms with E-state index in [1.165, 1.54) is 7.11 Å². The molecule has 2 N–H and O–H groups in total. The molecule has 0 aliphatic rings. The number of carbonyl (C=O) groups is 2. The van der Waals surface area contributed by atoms with Crippen LogP contribution in [-0.4, -0.2) is 41.6 Å². The Bertz CT molecular complexity index is 711. The minimum Gasteiger partial charge on any atom is -0.375 e. The third-order valence-electron chi connectivity index (χ3n) is 3.60. The van der Waals surface area contributed by atoms with E-state index in [0.29, 0.717) is 12.4 Å². The van der Waals surface area contributed by atoms with Crippen molar-refractivity contribution in [1.82, 2.24) is 20.2 Å². The fourth-order valence-corrected chi connectivity index (χ4v) is 2.53. The van der Waals surface area contributed by atoms with E-state index in [9.17, 15) is 9.59 Å². The molecule has 24 heavy (non-hydrogen) atoms. The number of hydrogen-bond acceptors (Lipinski definition) is 4. The minimum absolute atomic E-state index is 0.0123. The lowest BCUT2D eigenvalue weighted by atomic mass is 10.3. The molecule has 1 heterocycles. The summed E-state index contributed by atoms with van der Waals surface area (Å²) < 4.78 is 6.68. The van der Waals surface area contributed by atoms with Crippen LogP contribution in [0.4, 0.5) is 0 Å². The van der Waals surface area contributed by atoms with Crippen LogP contribution in [0.2, 0.25) is 0 Å². The predicted molar refractivity (Wildman–Crippen MR) is 91.5 cm³/mol. The van der Waals surface area contributed by atoms with Crippen molar-refractivity contribution in [2.75, 3.05) is 20.3 Å². The molecule has 7 nitrogen and oxygen atoms in total. The monoisotopic (exact) mass is 332 g/mol. The van der Waals surface area contributed by atoms with E-state index in [-0.39, 0.29) is 31.0 Å². The van der Waals surface area contributed by atoms with Crippen LogP contribution in [0.15, 0.2) is 24.3 Å². The number of ether oxygens (including phenoxy) is 1. The fraction of sp³-hybridized carbons (Fsp3) is 0.471. The summed E-state index contributed by atoms with van der Waals surface area (Å²) in [4.78, 5) is 28.5. The molecule has 0 aliphatic carbocycles. The van der Waals surface area contributed by atoms with Gasteiger partial charge in [0.25, 0.3) is 0 Å². The van der Waals surface area contributed by atoms with Gasteiger partial charge in [0.05, 0.1) is 17.1 Å². The number of nitrogens with zero attached hydrogens (tertiary/aromatic N) is 2. The Morgan fingerprint density at radius 1 is 1.29 bits per heavy atom. The van der Waals surface area contributed by atoms with Crippen molar-refractivity contribution in [3.63, 3.8) is 0 Å². The van der Waals surface area contributed by atoms with Crippen LogP contribution in [0, 0.1) is 0 Å². The molecule has 0 bridgehead atoms. The molecular formula is C17H24N4O3. The minimum atomic E-state index is -0.334. The van der Waals surface area contributed by atoms with E-state index in [2.05, 4.69) is 15.6 Å². The normalized spacial score (nSPS) is 12.1. The molecule has 0 saturated carbocycles. The molecule has 2 rings (SSSR count). The maximum Gasteiger partial charge on any atom is 0.246 e. The Morgan fingerprint density at radius 2 is 2.04 bits per heavy atom. The van der Waals surface area contributed by atoms with Crippen molar-refractivity contribution in [1.29, 1.82) is 0 Å². The van der Waals surface area contributed by atoms with Gasteiger partial charge in [-0.1, -0.05) is 19.1 Å². The molecule has 0 saturated heterocycles. The Hall–Kier alpha value is -2.41. The second kappa shape index (κ2) is 8.44. The van der Waals surface area contributed by atoms with E-state index < -0.39 is 0 Å². The maximum atomic E-state index is 12.1. The van der Waals surface area contributed by atoms with E-state index in [1.54, 1.807) is 0 Å². The molecule has 2 amide bonds. The van der Waals surface area contributed by atoms with Crippen molar-refractivity contribution < 1.29 is 14.3 Å². The van der Waals surface area contributed by atoms with Gasteiger partial charge in [-0.05, 0) is 25.5 Å². The Balaban J connectivity index is 2.29. The van der Waals surface area contributed by atoms with E-state index >= 15 is 0 Å². The van der Waals surface area contributed by atoms with E-state index in [0.717, 1.165) is 17.5 Å². The summed E-state index contributed by atoms with van der Waals surface area (Å²) in [6.07, 6.45) is 0.882. The number of aromatic nitrogens is 2. The van der Waals surface area contributed by atoms with Gasteiger partial charge in [0.2, 0.25) is 11.8 Å². The molecular weight excluding hydrogens is 308 g/mol. The topological polar surface area (TPSA) is 85.2 Å². The van der Waals surface area contributed by atoms with Crippen molar-refractivity contribution >= 4 is 22.8 Å². The highest BCUT2D eigenvalue weighted by atomic mass is 16.5. The summed E-state index contributed by atoms with van der Waals surface area (Å²) in [6.45, 7) is 4.64. The molecule has 2 aromatic rings. The number of amides is 2. The average Bonchev–Trinajstić information content (AvgIpc) is 2.92. The number of imidazole rings is 1. The van der Waals surface area contributed by atoms with Gasteiger partial charge >= 0.3 is 0 Å². The Kier molecular flexibility index (Phi) is 6.31. The van der Waals surface area contributed by atoms with Gasteiger partial charge in [0.15, 0.2) is 0 Å².